The van der Waals surface area contributed by atoms with Crippen molar-refractivity contribution in [2.24, 2.45) is 5.92 Å². The Morgan fingerprint density at radius 2 is 1.41 bits per heavy atom. The van der Waals surface area contributed by atoms with Gasteiger partial charge in [-0.2, -0.15) is 0 Å². The van der Waals surface area contributed by atoms with Crippen LogP contribution >= 0.6 is 0 Å². The standard InChI is InChI=1S/C39H47N3O6S/c1-27(2)24-40-39(44)35(22-31-13-9-8-10-14-31)41(25-32-15-11-12-28(3)19-32)38(43)26-42(33-20-29(4)18-30(5)21-33)49(45,46)34-16-17-36(47-6)37(23-34)48-7/h8-21,23,27,35H,22,24-26H2,1-7H3,(H,40,44). The maximum absolute atomic E-state index is 14.8. The fourth-order valence-electron chi connectivity index (χ4n) is 5.71. The first kappa shape index (κ1) is 37.0. The summed E-state index contributed by atoms with van der Waals surface area (Å²) in [6.07, 6.45) is 0.244. The summed E-state index contributed by atoms with van der Waals surface area (Å²) in [5.74, 6) is -0.0319. The number of ether oxygens (including phenoxy) is 2. The van der Waals surface area contributed by atoms with Gasteiger partial charge >= 0.3 is 0 Å². The van der Waals surface area contributed by atoms with Gasteiger partial charge in [0.05, 0.1) is 24.8 Å². The quantitative estimate of drug-likeness (QED) is 0.159. The Morgan fingerprint density at radius 1 is 0.755 bits per heavy atom. The second-order valence-electron chi connectivity index (χ2n) is 12.7. The summed E-state index contributed by atoms with van der Waals surface area (Å²) in [6, 6.07) is 26.1. The van der Waals surface area contributed by atoms with E-state index in [0.717, 1.165) is 32.1 Å². The summed E-state index contributed by atoms with van der Waals surface area (Å²) >= 11 is 0. The second kappa shape index (κ2) is 16.5. The highest BCUT2D eigenvalue weighted by atomic mass is 32.2. The average molecular weight is 686 g/mol. The minimum Gasteiger partial charge on any atom is -0.493 e. The van der Waals surface area contributed by atoms with E-state index in [-0.39, 0.29) is 35.4 Å². The predicted molar refractivity (Wildman–Crippen MR) is 194 cm³/mol. The Balaban J connectivity index is 1.85. The fourth-order valence-corrected chi connectivity index (χ4v) is 7.13. The lowest BCUT2D eigenvalue weighted by Crippen LogP contribution is -2.53. The highest BCUT2D eigenvalue weighted by Crippen LogP contribution is 2.33. The van der Waals surface area contributed by atoms with E-state index in [9.17, 15) is 18.0 Å². The van der Waals surface area contributed by atoms with Gasteiger partial charge < -0.3 is 19.7 Å². The molecule has 1 atom stereocenters. The summed E-state index contributed by atoms with van der Waals surface area (Å²) in [5.41, 5.74) is 4.70. The number of anilines is 1. The lowest BCUT2D eigenvalue weighted by Gasteiger charge is -2.34. The molecular weight excluding hydrogens is 639 g/mol. The molecule has 0 saturated heterocycles. The molecule has 1 N–H and O–H groups in total. The smallest absolute Gasteiger partial charge is 0.264 e. The highest BCUT2D eigenvalue weighted by molar-refractivity contribution is 7.92. The molecule has 0 spiro atoms. The molecule has 10 heteroatoms. The molecule has 0 radical (unpaired) electrons. The van der Waals surface area contributed by atoms with Crippen LogP contribution in [0.1, 0.15) is 41.7 Å². The predicted octanol–water partition coefficient (Wildman–Crippen LogP) is 6.24. The van der Waals surface area contributed by atoms with Crippen LogP contribution in [-0.4, -0.2) is 58.5 Å². The molecule has 2 amide bonds. The molecular formula is C39H47N3O6S. The SMILES string of the molecule is COc1ccc(S(=O)(=O)N(CC(=O)N(Cc2cccc(C)c2)C(Cc2ccccc2)C(=O)NCC(C)C)c2cc(C)cc(C)c2)cc1OC. The first-order chi connectivity index (χ1) is 23.3. The van der Waals surface area contributed by atoms with Crippen molar-refractivity contribution in [2.45, 2.75) is 58.5 Å². The molecule has 49 heavy (non-hydrogen) atoms. The number of hydrogen-bond donors (Lipinski definition) is 1. The van der Waals surface area contributed by atoms with Crippen molar-refractivity contribution in [3.63, 3.8) is 0 Å². The second-order valence-corrected chi connectivity index (χ2v) is 14.6. The molecule has 4 aromatic rings. The summed E-state index contributed by atoms with van der Waals surface area (Å²) in [7, 11) is -1.43. The first-order valence-corrected chi connectivity index (χ1v) is 17.8. The lowest BCUT2D eigenvalue weighted by molar-refractivity contribution is -0.140. The zero-order chi connectivity index (χ0) is 35.7. The molecule has 0 fully saturated rings. The van der Waals surface area contributed by atoms with Gasteiger partial charge in [0.2, 0.25) is 11.8 Å². The van der Waals surface area contributed by atoms with Crippen molar-refractivity contribution in [1.82, 2.24) is 10.2 Å². The minimum atomic E-state index is -4.33. The molecule has 4 aromatic carbocycles. The number of aryl methyl sites for hydroxylation is 3. The van der Waals surface area contributed by atoms with Crippen molar-refractivity contribution in [1.29, 1.82) is 0 Å². The average Bonchev–Trinajstić information content (AvgIpc) is 3.07. The summed E-state index contributed by atoms with van der Waals surface area (Å²) in [6.45, 7) is 9.70. The number of rotatable bonds is 15. The van der Waals surface area contributed by atoms with E-state index in [1.165, 1.54) is 37.3 Å². The van der Waals surface area contributed by atoms with Crippen LogP contribution in [0.3, 0.4) is 0 Å². The van der Waals surface area contributed by atoms with Gasteiger partial charge in [-0.3, -0.25) is 13.9 Å². The number of nitrogens with zero attached hydrogens (tertiary/aromatic N) is 2. The maximum Gasteiger partial charge on any atom is 0.264 e. The monoisotopic (exact) mass is 685 g/mol. The van der Waals surface area contributed by atoms with Crippen molar-refractivity contribution < 1.29 is 27.5 Å². The lowest BCUT2D eigenvalue weighted by atomic mass is 10.0. The van der Waals surface area contributed by atoms with Crippen molar-refractivity contribution in [3.05, 3.63) is 119 Å². The van der Waals surface area contributed by atoms with Gasteiger partial charge in [0.1, 0.15) is 12.6 Å². The van der Waals surface area contributed by atoms with E-state index >= 15 is 0 Å². The third kappa shape index (κ3) is 9.63. The van der Waals surface area contributed by atoms with E-state index in [1.54, 1.807) is 12.1 Å². The summed E-state index contributed by atoms with van der Waals surface area (Å²) in [4.78, 5) is 30.2. The van der Waals surface area contributed by atoms with E-state index in [4.69, 9.17) is 9.47 Å². The number of benzene rings is 4. The zero-order valence-electron chi connectivity index (χ0n) is 29.4. The van der Waals surface area contributed by atoms with Crippen LogP contribution in [0.4, 0.5) is 5.69 Å². The molecule has 0 aliphatic carbocycles. The van der Waals surface area contributed by atoms with Gasteiger partial charge in [-0.15, -0.1) is 0 Å². The highest BCUT2D eigenvalue weighted by Gasteiger charge is 2.35. The number of sulfonamides is 1. The fraction of sp³-hybridized carbons (Fsp3) is 0.333. The maximum atomic E-state index is 14.8. The van der Waals surface area contributed by atoms with Crippen LogP contribution in [-0.2, 0) is 32.6 Å². The van der Waals surface area contributed by atoms with Gasteiger partial charge in [-0.25, -0.2) is 8.42 Å². The largest absolute Gasteiger partial charge is 0.493 e. The summed E-state index contributed by atoms with van der Waals surface area (Å²) < 4.78 is 40.9. The van der Waals surface area contributed by atoms with Crippen LogP contribution in [0.25, 0.3) is 0 Å². The number of amides is 2. The van der Waals surface area contributed by atoms with Crippen LogP contribution in [0.5, 0.6) is 11.5 Å². The number of methoxy groups -OCH3 is 2. The molecule has 0 aliphatic heterocycles. The molecule has 0 saturated carbocycles. The third-order valence-electron chi connectivity index (χ3n) is 8.11. The molecule has 4 rings (SSSR count). The Morgan fingerprint density at radius 3 is 2.02 bits per heavy atom. The molecule has 1 unspecified atom stereocenters. The Labute approximate surface area is 290 Å². The van der Waals surface area contributed by atoms with Crippen LogP contribution in [0.2, 0.25) is 0 Å². The minimum absolute atomic E-state index is 0.0714. The molecule has 0 bridgehead atoms. The van der Waals surface area contributed by atoms with E-state index in [0.29, 0.717) is 18.0 Å². The topological polar surface area (TPSA) is 105 Å². The van der Waals surface area contributed by atoms with Gasteiger partial charge in [-0.05, 0) is 73.2 Å². The van der Waals surface area contributed by atoms with Crippen molar-refractivity contribution in [3.8, 4) is 11.5 Å². The van der Waals surface area contributed by atoms with Gasteiger partial charge in [0.15, 0.2) is 11.5 Å². The van der Waals surface area contributed by atoms with Crippen LogP contribution < -0.4 is 19.1 Å². The molecule has 0 aliphatic rings. The Kier molecular flexibility index (Phi) is 12.5. The van der Waals surface area contributed by atoms with Crippen molar-refractivity contribution in [2.75, 3.05) is 31.6 Å². The number of carbonyl (C=O) groups is 2. The van der Waals surface area contributed by atoms with Crippen LogP contribution in [0.15, 0.2) is 95.9 Å². The number of nitrogens with one attached hydrogen (secondary N) is 1. The van der Waals surface area contributed by atoms with E-state index in [2.05, 4.69) is 5.32 Å². The van der Waals surface area contributed by atoms with Gasteiger partial charge in [-0.1, -0.05) is 80.1 Å². The normalized spacial score (nSPS) is 11.9. The molecule has 0 heterocycles. The number of carbonyl (C=O) groups excluding carboxylic acids is 2. The van der Waals surface area contributed by atoms with Gasteiger partial charge in [0.25, 0.3) is 10.0 Å². The number of hydrogen-bond acceptors (Lipinski definition) is 6. The Hall–Kier alpha value is -4.83. The van der Waals surface area contributed by atoms with Gasteiger partial charge in [0, 0.05) is 25.6 Å². The molecule has 260 valence electrons. The third-order valence-corrected chi connectivity index (χ3v) is 9.88. The van der Waals surface area contributed by atoms with Crippen molar-refractivity contribution >= 4 is 27.5 Å². The van der Waals surface area contributed by atoms with Crippen LogP contribution in [0, 0.1) is 26.7 Å². The van der Waals surface area contributed by atoms with E-state index in [1.807, 2.05) is 95.3 Å². The molecule has 0 aromatic heterocycles. The summed E-state index contributed by atoms with van der Waals surface area (Å²) in [5, 5.41) is 3.02. The molecule has 9 nitrogen and oxygen atoms in total. The first-order valence-electron chi connectivity index (χ1n) is 16.3. The zero-order valence-corrected chi connectivity index (χ0v) is 30.2. The Bertz CT molecular complexity index is 1840. The van der Waals surface area contributed by atoms with E-state index < -0.39 is 28.5 Å².